The Hall–Kier alpha value is -2.09. The molecule has 2 aliphatic rings. The molecule has 1 aliphatic carbocycles. The number of carbonyl (C=O) groups is 1. The maximum absolute atomic E-state index is 12.0. The Morgan fingerprint density at radius 3 is 2.85 bits per heavy atom. The van der Waals surface area contributed by atoms with Gasteiger partial charge >= 0.3 is 5.97 Å². The summed E-state index contributed by atoms with van der Waals surface area (Å²) in [6.07, 6.45) is 6.03. The Bertz CT molecular complexity index is 701. The molecule has 20 heavy (non-hydrogen) atoms. The Labute approximate surface area is 118 Å². The van der Waals surface area contributed by atoms with Crippen molar-refractivity contribution < 1.29 is 9.53 Å². The van der Waals surface area contributed by atoms with Gasteiger partial charge in [0.1, 0.15) is 6.10 Å². The van der Waals surface area contributed by atoms with Crippen molar-refractivity contribution in [1.29, 1.82) is 0 Å². The zero-order chi connectivity index (χ0) is 13.5. The lowest BCUT2D eigenvalue weighted by Gasteiger charge is -2.12. The molecule has 0 aromatic heterocycles. The van der Waals surface area contributed by atoms with Crippen LogP contribution in [0.3, 0.4) is 0 Å². The monoisotopic (exact) mass is 264 g/mol. The molecule has 0 N–H and O–H groups in total. The molecule has 0 bridgehead atoms. The van der Waals surface area contributed by atoms with E-state index in [2.05, 4.69) is 42.5 Å². The third-order valence-corrected chi connectivity index (χ3v) is 4.46. The first-order chi connectivity index (χ1) is 9.81. The number of hydrogen-bond donors (Lipinski definition) is 0. The van der Waals surface area contributed by atoms with E-state index in [1.807, 2.05) is 12.1 Å². The second-order valence-electron chi connectivity index (χ2n) is 5.71. The van der Waals surface area contributed by atoms with Crippen LogP contribution in [0.25, 0.3) is 10.8 Å². The highest BCUT2D eigenvalue weighted by Crippen LogP contribution is 2.37. The first-order valence-electron chi connectivity index (χ1n) is 7.16. The third-order valence-electron chi connectivity index (χ3n) is 4.46. The summed E-state index contributed by atoms with van der Waals surface area (Å²) in [5.41, 5.74) is 1.21. The summed E-state index contributed by atoms with van der Waals surface area (Å²) in [6, 6.07) is 14.8. The number of benzene rings is 2. The second kappa shape index (κ2) is 4.48. The molecule has 4 rings (SSSR count). The predicted molar refractivity (Wildman–Crippen MR) is 78.3 cm³/mol. The van der Waals surface area contributed by atoms with Gasteiger partial charge in [-0.25, -0.2) is 0 Å². The number of ether oxygens (including phenoxy) is 1. The fourth-order valence-corrected chi connectivity index (χ4v) is 3.40. The largest absolute Gasteiger partial charge is 0.461 e. The maximum atomic E-state index is 12.0. The molecule has 1 heterocycles. The van der Waals surface area contributed by atoms with Crippen molar-refractivity contribution in [1.82, 2.24) is 0 Å². The van der Waals surface area contributed by atoms with E-state index in [9.17, 15) is 4.79 Å². The van der Waals surface area contributed by atoms with Crippen LogP contribution in [-0.4, -0.2) is 12.1 Å². The lowest BCUT2D eigenvalue weighted by molar-refractivity contribution is -0.144. The maximum Gasteiger partial charge on any atom is 0.310 e. The molecule has 1 fully saturated rings. The highest BCUT2D eigenvalue weighted by Gasteiger charge is 2.44. The number of carbonyl (C=O) groups excluding carboxylic acids is 1. The van der Waals surface area contributed by atoms with Gasteiger partial charge in [-0.3, -0.25) is 4.79 Å². The van der Waals surface area contributed by atoms with E-state index >= 15 is 0 Å². The van der Waals surface area contributed by atoms with Crippen LogP contribution in [0, 0.1) is 11.8 Å². The van der Waals surface area contributed by atoms with Crippen LogP contribution in [0.5, 0.6) is 0 Å². The minimum Gasteiger partial charge on any atom is -0.461 e. The second-order valence-corrected chi connectivity index (χ2v) is 5.71. The van der Waals surface area contributed by atoms with E-state index in [1.54, 1.807) is 0 Å². The highest BCUT2D eigenvalue weighted by molar-refractivity contribution is 5.83. The molecule has 1 aliphatic heterocycles. The van der Waals surface area contributed by atoms with E-state index in [0.717, 1.165) is 12.8 Å². The standard InChI is InChI=1S/C18H16O2/c19-18-16(15-6-3-7-17(15)20-18)11-12-8-9-13-4-1-2-5-14(13)10-12/h1-6,8-10,15-17H,7,11H2. The predicted octanol–water partition coefficient (Wildman–Crippen LogP) is 3.50. The number of fused-ring (bicyclic) bond motifs is 2. The van der Waals surface area contributed by atoms with Gasteiger partial charge < -0.3 is 4.74 Å². The molecule has 0 spiro atoms. The van der Waals surface area contributed by atoms with Crippen LogP contribution < -0.4 is 0 Å². The van der Waals surface area contributed by atoms with Crippen molar-refractivity contribution >= 4 is 16.7 Å². The van der Waals surface area contributed by atoms with Crippen molar-refractivity contribution in [3.8, 4) is 0 Å². The van der Waals surface area contributed by atoms with Gasteiger partial charge in [0.25, 0.3) is 0 Å². The quantitative estimate of drug-likeness (QED) is 0.613. The van der Waals surface area contributed by atoms with Gasteiger partial charge in [-0.15, -0.1) is 0 Å². The van der Waals surface area contributed by atoms with E-state index in [4.69, 9.17) is 4.74 Å². The lowest BCUT2D eigenvalue weighted by Crippen LogP contribution is -2.18. The summed E-state index contributed by atoms with van der Waals surface area (Å²) in [5.74, 6) is 0.228. The van der Waals surface area contributed by atoms with Crippen molar-refractivity contribution in [2.24, 2.45) is 11.8 Å². The molecule has 2 aromatic carbocycles. The van der Waals surface area contributed by atoms with Crippen LogP contribution in [0.2, 0.25) is 0 Å². The minimum absolute atomic E-state index is 0.0140. The first-order valence-corrected chi connectivity index (χ1v) is 7.16. The van der Waals surface area contributed by atoms with Crippen molar-refractivity contribution in [3.63, 3.8) is 0 Å². The number of hydrogen-bond acceptors (Lipinski definition) is 2. The molecule has 0 amide bonds. The molecule has 2 aromatic rings. The SMILES string of the molecule is O=C1OC2CC=CC2C1Cc1ccc2ccccc2c1. The smallest absolute Gasteiger partial charge is 0.310 e. The normalized spacial score (nSPS) is 27.8. The van der Waals surface area contributed by atoms with Crippen LogP contribution in [0.4, 0.5) is 0 Å². The average Bonchev–Trinajstić information content (AvgIpc) is 3.02. The van der Waals surface area contributed by atoms with Gasteiger partial charge in [0.15, 0.2) is 0 Å². The van der Waals surface area contributed by atoms with Gasteiger partial charge in [-0.1, -0.05) is 54.6 Å². The Morgan fingerprint density at radius 1 is 1.10 bits per heavy atom. The molecular weight excluding hydrogens is 248 g/mol. The van der Waals surface area contributed by atoms with Crippen LogP contribution in [0.1, 0.15) is 12.0 Å². The summed E-state index contributed by atoms with van der Waals surface area (Å²) in [7, 11) is 0. The Kier molecular flexibility index (Phi) is 2.62. The minimum atomic E-state index is -0.0301. The molecule has 0 radical (unpaired) electrons. The molecule has 3 atom stereocenters. The number of rotatable bonds is 2. The topological polar surface area (TPSA) is 26.3 Å². The highest BCUT2D eigenvalue weighted by atomic mass is 16.6. The van der Waals surface area contributed by atoms with E-state index in [0.29, 0.717) is 0 Å². The van der Waals surface area contributed by atoms with E-state index in [-0.39, 0.29) is 23.9 Å². The van der Waals surface area contributed by atoms with Gasteiger partial charge in [0, 0.05) is 12.3 Å². The summed E-state index contributed by atoms with van der Waals surface area (Å²) >= 11 is 0. The molecule has 0 saturated carbocycles. The van der Waals surface area contributed by atoms with Crippen molar-refractivity contribution in [3.05, 3.63) is 60.2 Å². The summed E-state index contributed by atoms with van der Waals surface area (Å²) in [4.78, 5) is 12.0. The molecule has 100 valence electrons. The van der Waals surface area contributed by atoms with Gasteiger partial charge in [0.2, 0.25) is 0 Å². The molecular formula is C18H16O2. The van der Waals surface area contributed by atoms with Gasteiger partial charge in [-0.2, -0.15) is 0 Å². The summed E-state index contributed by atoms with van der Waals surface area (Å²) < 4.78 is 5.46. The van der Waals surface area contributed by atoms with Crippen molar-refractivity contribution in [2.75, 3.05) is 0 Å². The van der Waals surface area contributed by atoms with Crippen LogP contribution in [-0.2, 0) is 16.0 Å². The molecule has 2 heteroatoms. The average molecular weight is 264 g/mol. The Morgan fingerprint density at radius 2 is 1.95 bits per heavy atom. The zero-order valence-corrected chi connectivity index (χ0v) is 11.2. The molecule has 3 unspecified atom stereocenters. The van der Waals surface area contributed by atoms with Crippen LogP contribution in [0.15, 0.2) is 54.6 Å². The fraction of sp³-hybridized carbons (Fsp3) is 0.278. The fourth-order valence-electron chi connectivity index (χ4n) is 3.40. The first kappa shape index (κ1) is 11.7. The van der Waals surface area contributed by atoms with Gasteiger partial charge in [0.05, 0.1) is 5.92 Å². The zero-order valence-electron chi connectivity index (χ0n) is 11.2. The van der Waals surface area contributed by atoms with Gasteiger partial charge in [-0.05, 0) is 22.8 Å². The third kappa shape index (κ3) is 1.83. The van der Waals surface area contributed by atoms with Crippen LogP contribution >= 0.6 is 0 Å². The van der Waals surface area contributed by atoms with Crippen molar-refractivity contribution in [2.45, 2.75) is 18.9 Å². The lowest BCUT2D eigenvalue weighted by atomic mass is 9.87. The van der Waals surface area contributed by atoms with E-state index < -0.39 is 0 Å². The summed E-state index contributed by atoms with van der Waals surface area (Å²) in [5, 5.41) is 2.47. The number of esters is 1. The Balaban J connectivity index is 1.63. The molecule has 2 nitrogen and oxygen atoms in total. The molecule has 1 saturated heterocycles. The summed E-state index contributed by atoms with van der Waals surface area (Å²) in [6.45, 7) is 0. The van der Waals surface area contributed by atoms with E-state index in [1.165, 1.54) is 16.3 Å².